The van der Waals surface area contributed by atoms with Crippen LogP contribution in [0, 0.1) is 6.92 Å². The van der Waals surface area contributed by atoms with Gasteiger partial charge in [0.15, 0.2) is 0 Å². The van der Waals surface area contributed by atoms with Crippen LogP contribution >= 0.6 is 0 Å². The number of aliphatic hydroxyl groups is 1. The average Bonchev–Trinajstić information content (AvgIpc) is 2.64. The van der Waals surface area contributed by atoms with Gasteiger partial charge in [0.25, 0.3) is 0 Å². The van der Waals surface area contributed by atoms with Gasteiger partial charge in [-0.2, -0.15) is 0 Å². The molecule has 86 valence electrons. The maximum Gasteiger partial charge on any atom is 0.410 e. The molecule has 1 fully saturated rings. The first-order valence-electron chi connectivity index (χ1n) is 5.33. The van der Waals surface area contributed by atoms with E-state index < -0.39 is 6.10 Å². The third-order valence-corrected chi connectivity index (χ3v) is 2.67. The molecule has 1 aromatic carbocycles. The normalized spacial score (nSPS) is 17.4. The Bertz CT molecular complexity index is 392. The lowest BCUT2D eigenvalue weighted by atomic mass is 10.1. The molecule has 0 spiro atoms. The lowest BCUT2D eigenvalue weighted by Crippen LogP contribution is -2.29. The molecule has 1 atom stereocenters. The molecule has 1 unspecified atom stereocenters. The summed E-state index contributed by atoms with van der Waals surface area (Å²) in [6, 6.07) is 7.65. The highest BCUT2D eigenvalue weighted by atomic mass is 16.6. The summed E-state index contributed by atoms with van der Waals surface area (Å²) in [6.45, 7) is 3.24. The van der Waals surface area contributed by atoms with Crippen molar-refractivity contribution in [1.29, 1.82) is 0 Å². The molecule has 1 aliphatic heterocycles. The van der Waals surface area contributed by atoms with Crippen molar-refractivity contribution in [1.82, 2.24) is 4.90 Å². The molecule has 0 saturated carbocycles. The van der Waals surface area contributed by atoms with E-state index in [4.69, 9.17) is 4.74 Å². The van der Waals surface area contributed by atoms with Crippen LogP contribution in [0.2, 0.25) is 0 Å². The van der Waals surface area contributed by atoms with Gasteiger partial charge in [0.05, 0.1) is 19.2 Å². The van der Waals surface area contributed by atoms with E-state index in [9.17, 15) is 9.90 Å². The summed E-state index contributed by atoms with van der Waals surface area (Å²) in [5.74, 6) is 0. The Kier molecular flexibility index (Phi) is 3.10. The van der Waals surface area contributed by atoms with Crippen molar-refractivity contribution < 1.29 is 14.6 Å². The van der Waals surface area contributed by atoms with Crippen molar-refractivity contribution in [2.75, 3.05) is 19.7 Å². The number of aryl methyl sites for hydroxylation is 1. The topological polar surface area (TPSA) is 49.8 Å². The molecule has 1 N–H and O–H groups in total. The van der Waals surface area contributed by atoms with Gasteiger partial charge in [-0.05, 0) is 12.5 Å². The van der Waals surface area contributed by atoms with E-state index in [1.54, 1.807) is 0 Å². The molecular formula is C12H15NO3. The molecule has 4 nitrogen and oxygen atoms in total. The predicted molar refractivity (Wildman–Crippen MR) is 59.1 cm³/mol. The number of cyclic esters (lactones) is 1. The second-order valence-corrected chi connectivity index (χ2v) is 3.99. The summed E-state index contributed by atoms with van der Waals surface area (Å²) >= 11 is 0. The van der Waals surface area contributed by atoms with E-state index in [0.29, 0.717) is 19.7 Å². The van der Waals surface area contributed by atoms with Crippen molar-refractivity contribution >= 4 is 6.09 Å². The van der Waals surface area contributed by atoms with Gasteiger partial charge in [0.1, 0.15) is 6.61 Å². The fraction of sp³-hybridized carbons (Fsp3) is 0.417. The van der Waals surface area contributed by atoms with E-state index in [2.05, 4.69) is 0 Å². The molecule has 1 heterocycles. The fourth-order valence-electron chi connectivity index (χ4n) is 1.78. The predicted octanol–water partition coefficient (Wildman–Crippen LogP) is 1.48. The SMILES string of the molecule is Cc1cccc(C(O)CN2CCOC2=O)c1. The van der Waals surface area contributed by atoms with Crippen molar-refractivity contribution in [2.45, 2.75) is 13.0 Å². The van der Waals surface area contributed by atoms with Crippen LogP contribution in [-0.2, 0) is 4.74 Å². The van der Waals surface area contributed by atoms with Crippen LogP contribution in [0.3, 0.4) is 0 Å². The maximum absolute atomic E-state index is 11.2. The first-order valence-corrected chi connectivity index (χ1v) is 5.33. The van der Waals surface area contributed by atoms with E-state index >= 15 is 0 Å². The number of carbonyl (C=O) groups is 1. The number of hydrogen-bond donors (Lipinski definition) is 1. The Morgan fingerprint density at radius 1 is 1.56 bits per heavy atom. The Labute approximate surface area is 94.4 Å². The first-order chi connectivity index (χ1) is 7.66. The standard InChI is InChI=1S/C12H15NO3/c1-9-3-2-4-10(7-9)11(14)8-13-5-6-16-12(13)15/h2-4,7,11,14H,5-6,8H2,1H3. The molecule has 1 aromatic rings. The van der Waals surface area contributed by atoms with E-state index in [1.165, 1.54) is 4.90 Å². The minimum absolute atomic E-state index is 0.294. The number of amides is 1. The third kappa shape index (κ3) is 2.33. The monoisotopic (exact) mass is 221 g/mol. The fourth-order valence-corrected chi connectivity index (χ4v) is 1.78. The van der Waals surface area contributed by atoms with Gasteiger partial charge in [-0.1, -0.05) is 29.8 Å². The summed E-state index contributed by atoms with van der Waals surface area (Å²) in [5, 5.41) is 9.97. The number of hydrogen-bond acceptors (Lipinski definition) is 3. The number of aliphatic hydroxyl groups excluding tert-OH is 1. The highest BCUT2D eigenvalue weighted by Gasteiger charge is 2.24. The second kappa shape index (κ2) is 4.53. The van der Waals surface area contributed by atoms with E-state index in [0.717, 1.165) is 11.1 Å². The zero-order chi connectivity index (χ0) is 11.5. The highest BCUT2D eigenvalue weighted by molar-refractivity contribution is 5.69. The smallest absolute Gasteiger partial charge is 0.410 e. The number of β-amino-alcohol motifs (C(OH)–C–C–N with tert-alkyl or cyclic N) is 1. The number of nitrogens with zero attached hydrogens (tertiary/aromatic N) is 1. The Balaban J connectivity index is 2.02. The zero-order valence-electron chi connectivity index (χ0n) is 9.22. The summed E-state index contributed by atoms with van der Waals surface area (Å²) in [4.78, 5) is 12.7. The third-order valence-electron chi connectivity index (χ3n) is 2.67. The van der Waals surface area contributed by atoms with Crippen LogP contribution in [0.25, 0.3) is 0 Å². The van der Waals surface area contributed by atoms with Gasteiger partial charge < -0.3 is 14.7 Å². The molecule has 0 aliphatic carbocycles. The summed E-state index contributed by atoms with van der Waals surface area (Å²) in [7, 11) is 0. The molecule has 0 aromatic heterocycles. The lowest BCUT2D eigenvalue weighted by molar-refractivity contribution is 0.118. The number of rotatable bonds is 3. The summed E-state index contributed by atoms with van der Waals surface area (Å²) in [6.07, 6.45) is -0.989. The molecule has 0 bridgehead atoms. The summed E-state index contributed by atoms with van der Waals surface area (Å²) < 4.78 is 4.80. The Morgan fingerprint density at radius 2 is 2.38 bits per heavy atom. The van der Waals surface area contributed by atoms with Crippen molar-refractivity contribution in [3.63, 3.8) is 0 Å². The van der Waals surface area contributed by atoms with Gasteiger partial charge in [0, 0.05) is 0 Å². The first kappa shape index (κ1) is 11.0. The van der Waals surface area contributed by atoms with Crippen LogP contribution in [0.1, 0.15) is 17.2 Å². The largest absolute Gasteiger partial charge is 0.448 e. The maximum atomic E-state index is 11.2. The molecule has 1 saturated heterocycles. The molecule has 4 heteroatoms. The molecule has 1 amide bonds. The summed E-state index contributed by atoms with van der Waals surface area (Å²) in [5.41, 5.74) is 1.93. The number of ether oxygens (including phenoxy) is 1. The van der Waals surface area contributed by atoms with Crippen molar-refractivity contribution in [2.24, 2.45) is 0 Å². The van der Waals surface area contributed by atoms with E-state index in [-0.39, 0.29) is 6.09 Å². The van der Waals surface area contributed by atoms with Crippen LogP contribution in [-0.4, -0.2) is 35.8 Å². The van der Waals surface area contributed by atoms with Crippen molar-refractivity contribution in [3.05, 3.63) is 35.4 Å². The van der Waals surface area contributed by atoms with E-state index in [1.807, 2.05) is 31.2 Å². The van der Waals surface area contributed by atoms with Gasteiger partial charge in [-0.25, -0.2) is 4.79 Å². The minimum atomic E-state index is -0.648. The second-order valence-electron chi connectivity index (χ2n) is 3.99. The molecule has 2 rings (SSSR count). The van der Waals surface area contributed by atoms with Crippen molar-refractivity contribution in [3.8, 4) is 0 Å². The molecule has 1 aliphatic rings. The molecule has 0 radical (unpaired) electrons. The zero-order valence-corrected chi connectivity index (χ0v) is 9.22. The van der Waals surface area contributed by atoms with Crippen LogP contribution in [0.15, 0.2) is 24.3 Å². The quantitative estimate of drug-likeness (QED) is 0.841. The van der Waals surface area contributed by atoms with Crippen LogP contribution in [0.5, 0.6) is 0 Å². The minimum Gasteiger partial charge on any atom is -0.448 e. The van der Waals surface area contributed by atoms with Gasteiger partial charge in [0.2, 0.25) is 0 Å². The van der Waals surface area contributed by atoms with Gasteiger partial charge >= 0.3 is 6.09 Å². The average molecular weight is 221 g/mol. The highest BCUT2D eigenvalue weighted by Crippen LogP contribution is 2.17. The number of benzene rings is 1. The van der Waals surface area contributed by atoms with Crippen LogP contribution in [0.4, 0.5) is 4.79 Å². The molecular weight excluding hydrogens is 206 g/mol. The van der Waals surface area contributed by atoms with Crippen LogP contribution < -0.4 is 0 Å². The number of carbonyl (C=O) groups excluding carboxylic acids is 1. The Morgan fingerprint density at radius 3 is 3.00 bits per heavy atom. The van der Waals surface area contributed by atoms with Gasteiger partial charge in [-0.3, -0.25) is 0 Å². The van der Waals surface area contributed by atoms with Gasteiger partial charge in [-0.15, -0.1) is 0 Å². The Hall–Kier alpha value is -1.55. The molecule has 16 heavy (non-hydrogen) atoms. The lowest BCUT2D eigenvalue weighted by Gasteiger charge is -2.18.